The number of imide groups is 1. The van der Waals surface area contributed by atoms with E-state index in [1.807, 2.05) is 0 Å². The third-order valence-electron chi connectivity index (χ3n) is 4.63. The van der Waals surface area contributed by atoms with E-state index in [1.165, 1.54) is 11.0 Å². The lowest BCUT2D eigenvalue weighted by molar-refractivity contribution is -0.142. The summed E-state index contributed by atoms with van der Waals surface area (Å²) in [6.45, 7) is 1.88. The van der Waals surface area contributed by atoms with Crippen LogP contribution in [0.3, 0.4) is 0 Å². The largest absolute Gasteiger partial charge is 0.278 e. The fourth-order valence-corrected chi connectivity index (χ4v) is 3.38. The standard InChI is InChI=1S/C16H18FNO2/c1-11-4-5-12(8-13(11)17)10-18-14(19)9-16(15(18)20)6-2-3-7-16/h4-5,8H,2-3,6-7,9-10H2,1H3. The predicted octanol–water partition coefficient (Wildman–Crippen LogP) is 2.95. The number of carbonyl (C=O) groups is 2. The van der Waals surface area contributed by atoms with E-state index in [0.29, 0.717) is 17.5 Å². The maximum Gasteiger partial charge on any atom is 0.236 e. The van der Waals surface area contributed by atoms with E-state index in [2.05, 4.69) is 0 Å². The molecule has 1 saturated carbocycles. The molecule has 0 radical (unpaired) electrons. The van der Waals surface area contributed by atoms with Crippen molar-refractivity contribution in [1.29, 1.82) is 0 Å². The molecule has 1 aromatic carbocycles. The molecule has 1 aliphatic heterocycles. The van der Waals surface area contributed by atoms with Crippen molar-refractivity contribution in [3.63, 3.8) is 0 Å². The molecule has 1 spiro atoms. The van der Waals surface area contributed by atoms with Gasteiger partial charge in [-0.25, -0.2) is 4.39 Å². The third kappa shape index (κ3) is 2.03. The third-order valence-corrected chi connectivity index (χ3v) is 4.63. The average molecular weight is 275 g/mol. The summed E-state index contributed by atoms with van der Waals surface area (Å²) in [5.41, 5.74) is 0.797. The van der Waals surface area contributed by atoms with Gasteiger partial charge in [0, 0.05) is 6.42 Å². The van der Waals surface area contributed by atoms with Gasteiger partial charge in [0.1, 0.15) is 5.82 Å². The number of likely N-dealkylation sites (tertiary alicyclic amines) is 1. The zero-order chi connectivity index (χ0) is 14.3. The average Bonchev–Trinajstić information content (AvgIpc) is 2.96. The number of amides is 2. The molecular weight excluding hydrogens is 257 g/mol. The van der Waals surface area contributed by atoms with Gasteiger partial charge in [0.2, 0.25) is 11.8 Å². The van der Waals surface area contributed by atoms with Crippen LogP contribution in [0.2, 0.25) is 0 Å². The number of rotatable bonds is 2. The van der Waals surface area contributed by atoms with E-state index in [1.54, 1.807) is 19.1 Å². The zero-order valence-electron chi connectivity index (χ0n) is 11.6. The van der Waals surface area contributed by atoms with Crippen LogP contribution in [0.25, 0.3) is 0 Å². The summed E-state index contributed by atoms with van der Waals surface area (Å²) in [5, 5.41) is 0. The van der Waals surface area contributed by atoms with Gasteiger partial charge in [-0.15, -0.1) is 0 Å². The van der Waals surface area contributed by atoms with Crippen LogP contribution in [0.5, 0.6) is 0 Å². The summed E-state index contributed by atoms with van der Waals surface area (Å²) in [4.78, 5) is 25.9. The Morgan fingerprint density at radius 2 is 1.95 bits per heavy atom. The van der Waals surface area contributed by atoms with Crippen molar-refractivity contribution in [3.8, 4) is 0 Å². The van der Waals surface area contributed by atoms with E-state index in [-0.39, 0.29) is 24.2 Å². The summed E-state index contributed by atoms with van der Waals surface area (Å²) in [7, 11) is 0. The molecule has 3 nitrogen and oxygen atoms in total. The van der Waals surface area contributed by atoms with Crippen molar-refractivity contribution < 1.29 is 14.0 Å². The van der Waals surface area contributed by atoms with Gasteiger partial charge in [-0.1, -0.05) is 25.0 Å². The highest BCUT2D eigenvalue weighted by Crippen LogP contribution is 2.47. The van der Waals surface area contributed by atoms with Crippen LogP contribution >= 0.6 is 0 Å². The first kappa shape index (κ1) is 13.3. The van der Waals surface area contributed by atoms with Crippen LogP contribution in [0.4, 0.5) is 4.39 Å². The van der Waals surface area contributed by atoms with E-state index in [9.17, 15) is 14.0 Å². The summed E-state index contributed by atoms with van der Waals surface area (Å²) in [6, 6.07) is 4.87. The first-order chi connectivity index (χ1) is 9.52. The summed E-state index contributed by atoms with van der Waals surface area (Å²) in [5.74, 6) is -0.462. The Labute approximate surface area is 117 Å². The molecule has 1 aromatic rings. The SMILES string of the molecule is Cc1ccc(CN2C(=O)CC3(CCCC3)C2=O)cc1F. The molecule has 3 rings (SSSR count). The lowest BCUT2D eigenvalue weighted by Crippen LogP contribution is -2.33. The minimum Gasteiger partial charge on any atom is -0.278 e. The van der Waals surface area contributed by atoms with Crippen LogP contribution < -0.4 is 0 Å². The Balaban J connectivity index is 1.82. The fraction of sp³-hybridized carbons (Fsp3) is 0.500. The molecule has 2 fully saturated rings. The molecule has 0 unspecified atom stereocenters. The molecule has 4 heteroatoms. The first-order valence-electron chi connectivity index (χ1n) is 7.12. The smallest absolute Gasteiger partial charge is 0.236 e. The predicted molar refractivity (Wildman–Crippen MR) is 72.2 cm³/mol. The first-order valence-corrected chi connectivity index (χ1v) is 7.12. The van der Waals surface area contributed by atoms with Gasteiger partial charge in [-0.3, -0.25) is 14.5 Å². The van der Waals surface area contributed by atoms with Gasteiger partial charge in [-0.05, 0) is 37.0 Å². The molecule has 1 heterocycles. The summed E-state index contributed by atoms with van der Waals surface area (Å²) < 4.78 is 13.6. The van der Waals surface area contributed by atoms with Crippen LogP contribution in [0, 0.1) is 18.2 Å². The number of aryl methyl sites for hydroxylation is 1. The van der Waals surface area contributed by atoms with Crippen molar-refractivity contribution in [1.82, 2.24) is 4.90 Å². The lowest BCUT2D eigenvalue weighted by atomic mass is 9.84. The Bertz CT molecular complexity index is 576. The van der Waals surface area contributed by atoms with Crippen molar-refractivity contribution in [2.75, 3.05) is 0 Å². The minimum absolute atomic E-state index is 0.0546. The minimum atomic E-state index is -0.444. The maximum absolute atomic E-state index is 13.6. The molecule has 0 aromatic heterocycles. The van der Waals surface area contributed by atoms with Crippen molar-refractivity contribution in [2.24, 2.45) is 5.41 Å². The van der Waals surface area contributed by atoms with Crippen LogP contribution in [0.1, 0.15) is 43.2 Å². The van der Waals surface area contributed by atoms with Crippen LogP contribution in [-0.2, 0) is 16.1 Å². The molecule has 0 atom stereocenters. The summed E-state index contributed by atoms with van der Waals surface area (Å²) >= 11 is 0. The van der Waals surface area contributed by atoms with Crippen molar-refractivity contribution in [3.05, 3.63) is 35.1 Å². The van der Waals surface area contributed by atoms with Crippen LogP contribution in [0.15, 0.2) is 18.2 Å². The highest BCUT2D eigenvalue weighted by molar-refractivity contribution is 6.05. The molecule has 20 heavy (non-hydrogen) atoms. The van der Waals surface area contributed by atoms with E-state index in [4.69, 9.17) is 0 Å². The molecule has 0 N–H and O–H groups in total. The lowest BCUT2D eigenvalue weighted by Gasteiger charge is -2.21. The highest BCUT2D eigenvalue weighted by atomic mass is 19.1. The molecule has 0 bridgehead atoms. The summed E-state index contributed by atoms with van der Waals surface area (Å²) in [6.07, 6.45) is 4.00. The quantitative estimate of drug-likeness (QED) is 0.778. The molecule has 1 saturated heterocycles. The second kappa shape index (κ2) is 4.69. The monoisotopic (exact) mass is 275 g/mol. The van der Waals surface area contributed by atoms with Gasteiger partial charge in [0.25, 0.3) is 0 Å². The number of carbonyl (C=O) groups excluding carboxylic acids is 2. The van der Waals surface area contributed by atoms with Crippen molar-refractivity contribution >= 4 is 11.8 Å². The second-order valence-electron chi connectivity index (χ2n) is 6.03. The van der Waals surface area contributed by atoms with Gasteiger partial charge >= 0.3 is 0 Å². The topological polar surface area (TPSA) is 37.4 Å². The molecular formula is C16H18FNO2. The Morgan fingerprint density at radius 1 is 1.25 bits per heavy atom. The fourth-order valence-electron chi connectivity index (χ4n) is 3.38. The Morgan fingerprint density at radius 3 is 2.60 bits per heavy atom. The zero-order valence-corrected chi connectivity index (χ0v) is 11.6. The second-order valence-corrected chi connectivity index (χ2v) is 6.03. The van der Waals surface area contributed by atoms with E-state index < -0.39 is 5.41 Å². The normalized spacial score (nSPS) is 21.2. The number of nitrogens with zero attached hydrogens (tertiary/aromatic N) is 1. The van der Waals surface area contributed by atoms with Gasteiger partial charge in [-0.2, -0.15) is 0 Å². The van der Waals surface area contributed by atoms with Gasteiger partial charge < -0.3 is 0 Å². The number of hydrogen-bond acceptors (Lipinski definition) is 2. The number of benzene rings is 1. The maximum atomic E-state index is 13.6. The number of halogens is 1. The van der Waals surface area contributed by atoms with E-state index >= 15 is 0 Å². The Hall–Kier alpha value is -1.71. The molecule has 106 valence electrons. The van der Waals surface area contributed by atoms with Crippen molar-refractivity contribution in [2.45, 2.75) is 45.6 Å². The highest BCUT2D eigenvalue weighted by Gasteiger charge is 2.52. The Kier molecular flexibility index (Phi) is 3.11. The van der Waals surface area contributed by atoms with Gasteiger partial charge in [0.15, 0.2) is 0 Å². The number of hydrogen-bond donors (Lipinski definition) is 0. The van der Waals surface area contributed by atoms with Crippen LogP contribution in [-0.4, -0.2) is 16.7 Å². The van der Waals surface area contributed by atoms with Gasteiger partial charge in [0.05, 0.1) is 12.0 Å². The molecule has 2 aliphatic rings. The molecule has 1 aliphatic carbocycles. The molecule has 2 amide bonds. The van der Waals surface area contributed by atoms with E-state index in [0.717, 1.165) is 25.7 Å².